The summed E-state index contributed by atoms with van der Waals surface area (Å²) < 4.78 is 28.0. The summed E-state index contributed by atoms with van der Waals surface area (Å²) in [4.78, 5) is 36.6. The maximum Gasteiger partial charge on any atom is 0.328 e. The highest BCUT2D eigenvalue weighted by Gasteiger charge is 2.22. The number of non-ortho nitro benzene ring substituents is 1. The van der Waals surface area contributed by atoms with Gasteiger partial charge < -0.3 is 0 Å². The van der Waals surface area contributed by atoms with Crippen LogP contribution in [0, 0.1) is 10.1 Å². The van der Waals surface area contributed by atoms with Gasteiger partial charge >= 0.3 is 5.69 Å². The second-order valence-electron chi connectivity index (χ2n) is 6.97. The number of nitro groups is 1. The highest BCUT2D eigenvalue weighted by molar-refractivity contribution is 7.89. The predicted octanol–water partition coefficient (Wildman–Crippen LogP) is 1.03. The van der Waals surface area contributed by atoms with Gasteiger partial charge in [0.25, 0.3) is 11.2 Å². The molecule has 0 radical (unpaired) electrons. The van der Waals surface area contributed by atoms with Crippen molar-refractivity contribution >= 4 is 15.7 Å². The van der Waals surface area contributed by atoms with E-state index in [4.69, 9.17) is 0 Å². The summed E-state index contributed by atoms with van der Waals surface area (Å²) >= 11 is 0. The van der Waals surface area contributed by atoms with Gasteiger partial charge in [0.1, 0.15) is 0 Å². The average molecular weight is 422 g/mol. The molecule has 0 aliphatic heterocycles. The lowest BCUT2D eigenvalue weighted by atomic mass is 9.97. The van der Waals surface area contributed by atoms with E-state index in [1.807, 2.05) is 0 Å². The van der Waals surface area contributed by atoms with Crippen LogP contribution in [-0.2, 0) is 29.4 Å². The summed E-state index contributed by atoms with van der Waals surface area (Å²) in [6.45, 7) is 0.442. The highest BCUT2D eigenvalue weighted by Crippen LogP contribution is 2.20. The molecule has 1 aromatic heterocycles. The molecule has 0 atom stereocenters. The van der Waals surface area contributed by atoms with E-state index in [1.54, 1.807) is 0 Å². The van der Waals surface area contributed by atoms with E-state index < -0.39 is 20.6 Å². The van der Waals surface area contributed by atoms with E-state index in [0.29, 0.717) is 24.8 Å². The first-order chi connectivity index (χ1) is 13.7. The molecular formula is C18H22N4O6S. The molecule has 29 heavy (non-hydrogen) atoms. The Bertz CT molecular complexity index is 1130. The molecule has 156 valence electrons. The van der Waals surface area contributed by atoms with Crippen molar-refractivity contribution in [3.05, 3.63) is 66.5 Å². The number of hydrogen-bond acceptors (Lipinski definition) is 6. The van der Waals surface area contributed by atoms with Gasteiger partial charge in [-0.3, -0.25) is 24.5 Å². The summed E-state index contributed by atoms with van der Waals surface area (Å²) in [6, 6.07) is 4.69. The summed E-state index contributed by atoms with van der Waals surface area (Å²) in [6.07, 6.45) is 3.49. The number of sulfonamides is 1. The summed E-state index contributed by atoms with van der Waals surface area (Å²) in [5.41, 5.74) is 0.387. The van der Waals surface area contributed by atoms with E-state index in [9.17, 15) is 28.1 Å². The zero-order chi connectivity index (χ0) is 21.2. The fraction of sp³-hybridized carbons (Fsp3) is 0.444. The minimum Gasteiger partial charge on any atom is -0.297 e. The molecule has 11 heteroatoms. The van der Waals surface area contributed by atoms with Gasteiger partial charge in [-0.25, -0.2) is 17.5 Å². The lowest BCUT2D eigenvalue weighted by Gasteiger charge is -2.21. The highest BCUT2D eigenvalue weighted by atomic mass is 32.2. The van der Waals surface area contributed by atoms with Crippen molar-refractivity contribution in [2.75, 3.05) is 13.6 Å². The van der Waals surface area contributed by atoms with Crippen LogP contribution in [0.1, 0.15) is 30.5 Å². The minimum absolute atomic E-state index is 0.0378. The number of nitro benzene ring substituents is 1. The fourth-order valence-corrected chi connectivity index (χ4v) is 4.73. The zero-order valence-corrected chi connectivity index (χ0v) is 16.8. The third kappa shape index (κ3) is 4.30. The van der Waals surface area contributed by atoms with Gasteiger partial charge in [0.05, 0.1) is 9.82 Å². The molecule has 0 amide bonds. The Morgan fingerprint density at radius 3 is 2.48 bits per heavy atom. The Morgan fingerprint density at radius 2 is 1.83 bits per heavy atom. The molecule has 0 bridgehead atoms. The lowest BCUT2D eigenvalue weighted by molar-refractivity contribution is -0.384. The quantitative estimate of drug-likeness (QED) is 0.523. The molecule has 1 heterocycles. The number of hydrogen-bond donors (Lipinski definition) is 1. The molecule has 10 nitrogen and oxygen atoms in total. The van der Waals surface area contributed by atoms with Crippen molar-refractivity contribution in [3.63, 3.8) is 0 Å². The van der Waals surface area contributed by atoms with Gasteiger partial charge in [-0.1, -0.05) is 0 Å². The molecule has 2 aromatic rings. The molecule has 0 spiro atoms. The molecule has 3 rings (SSSR count). The van der Waals surface area contributed by atoms with Crippen molar-refractivity contribution < 1.29 is 13.3 Å². The Balaban J connectivity index is 1.71. The Morgan fingerprint density at radius 1 is 1.17 bits per heavy atom. The summed E-state index contributed by atoms with van der Waals surface area (Å²) in [5.74, 6) is 0. The van der Waals surface area contributed by atoms with Gasteiger partial charge in [0.15, 0.2) is 0 Å². The first-order valence-electron chi connectivity index (χ1n) is 9.27. The molecule has 1 aliphatic carbocycles. The molecule has 1 aliphatic rings. The number of H-pyrrole nitrogens is 1. The first kappa shape index (κ1) is 20.9. The third-order valence-electron chi connectivity index (χ3n) is 5.11. The Labute approximate surface area is 167 Å². The largest absolute Gasteiger partial charge is 0.328 e. The molecule has 1 N–H and O–H groups in total. The summed E-state index contributed by atoms with van der Waals surface area (Å²) in [5, 5.41) is 10.7. The predicted molar refractivity (Wildman–Crippen MR) is 105 cm³/mol. The van der Waals surface area contributed by atoms with Crippen LogP contribution in [0.4, 0.5) is 5.69 Å². The smallest absolute Gasteiger partial charge is 0.297 e. The van der Waals surface area contributed by atoms with Crippen LogP contribution in [0.25, 0.3) is 0 Å². The van der Waals surface area contributed by atoms with Crippen LogP contribution in [0.2, 0.25) is 0 Å². The van der Waals surface area contributed by atoms with Gasteiger partial charge in [-0.15, -0.1) is 0 Å². The van der Waals surface area contributed by atoms with E-state index in [1.165, 1.54) is 23.7 Å². The topological polar surface area (TPSA) is 135 Å². The van der Waals surface area contributed by atoms with E-state index >= 15 is 0 Å². The monoisotopic (exact) mass is 422 g/mol. The van der Waals surface area contributed by atoms with Crippen molar-refractivity contribution in [3.8, 4) is 0 Å². The average Bonchev–Trinajstić information content (AvgIpc) is 2.70. The van der Waals surface area contributed by atoms with Crippen molar-refractivity contribution in [1.82, 2.24) is 13.9 Å². The molecule has 1 aromatic carbocycles. The second-order valence-corrected chi connectivity index (χ2v) is 9.02. The first-order valence-corrected chi connectivity index (χ1v) is 10.7. The van der Waals surface area contributed by atoms with Gasteiger partial charge in [0, 0.05) is 43.5 Å². The molecule has 0 unspecified atom stereocenters. The van der Waals surface area contributed by atoms with Crippen LogP contribution in [0.3, 0.4) is 0 Å². The second kappa shape index (κ2) is 8.29. The van der Waals surface area contributed by atoms with Gasteiger partial charge in [-0.05, 0) is 44.2 Å². The Hall–Kier alpha value is -2.79. The van der Waals surface area contributed by atoms with Crippen LogP contribution in [0.15, 0.2) is 38.8 Å². The third-order valence-corrected chi connectivity index (χ3v) is 6.99. The number of nitrogens with zero attached hydrogens (tertiary/aromatic N) is 3. The number of aromatic amines is 1. The number of rotatable bonds is 7. The number of benzene rings is 1. The van der Waals surface area contributed by atoms with Crippen molar-refractivity contribution in [2.45, 2.75) is 43.5 Å². The van der Waals surface area contributed by atoms with Crippen LogP contribution in [-0.4, -0.2) is 40.8 Å². The van der Waals surface area contributed by atoms with E-state index in [2.05, 4.69) is 4.98 Å². The van der Waals surface area contributed by atoms with E-state index in [-0.39, 0.29) is 29.2 Å². The number of aromatic nitrogens is 2. The number of nitrogens with one attached hydrogen (secondary N) is 1. The van der Waals surface area contributed by atoms with Crippen LogP contribution < -0.4 is 11.2 Å². The maximum absolute atomic E-state index is 12.6. The number of fused-ring (bicyclic) bond motifs is 1. The molecular weight excluding hydrogens is 400 g/mol. The van der Waals surface area contributed by atoms with E-state index in [0.717, 1.165) is 35.0 Å². The molecule has 0 saturated heterocycles. The van der Waals surface area contributed by atoms with Crippen LogP contribution >= 0.6 is 0 Å². The lowest BCUT2D eigenvalue weighted by Crippen LogP contribution is -2.37. The molecule has 0 saturated carbocycles. The van der Waals surface area contributed by atoms with Gasteiger partial charge in [-0.2, -0.15) is 0 Å². The van der Waals surface area contributed by atoms with Crippen molar-refractivity contribution in [2.24, 2.45) is 0 Å². The zero-order valence-electron chi connectivity index (χ0n) is 16.0. The Kier molecular flexibility index (Phi) is 5.99. The minimum atomic E-state index is -3.80. The van der Waals surface area contributed by atoms with Crippen LogP contribution in [0.5, 0.6) is 0 Å². The molecule has 0 fully saturated rings. The normalized spacial score (nSPS) is 14.0. The SMILES string of the molecule is CN(CCCn1c2c(c(=O)[nH]c1=O)CCCC2)S(=O)(=O)c1ccc([N+](=O)[O-])cc1. The summed E-state index contributed by atoms with van der Waals surface area (Å²) in [7, 11) is -2.39. The fourth-order valence-electron chi connectivity index (χ4n) is 3.52. The standard InChI is InChI=1S/C18H22N4O6S/c1-20(29(27,28)14-9-7-13(8-10-14)22(25)26)11-4-12-21-16-6-3-2-5-15(16)17(23)19-18(21)24/h7-10H,2-6,11-12H2,1H3,(H,19,23,24). The van der Waals surface area contributed by atoms with Gasteiger partial charge in [0.2, 0.25) is 10.0 Å². The van der Waals surface area contributed by atoms with Crippen molar-refractivity contribution in [1.29, 1.82) is 0 Å². The maximum atomic E-state index is 12.6.